The standard InChI is InChI=1S/C9H9Cl2P/c1-2-5-8-6-3-4-7-9(8)12(10)11/h2-4,6-7H,1,5H2. The van der Waals surface area contributed by atoms with Crippen LogP contribution >= 0.6 is 29.1 Å². The molecule has 0 atom stereocenters. The molecule has 0 spiro atoms. The number of allylic oxidation sites excluding steroid dienone is 1. The lowest BCUT2D eigenvalue weighted by atomic mass is 10.1. The molecule has 0 N–H and O–H groups in total. The Morgan fingerprint density at radius 3 is 2.58 bits per heavy atom. The zero-order valence-electron chi connectivity index (χ0n) is 6.50. The van der Waals surface area contributed by atoms with Gasteiger partial charge >= 0.3 is 0 Å². The van der Waals surface area contributed by atoms with Gasteiger partial charge in [-0.1, -0.05) is 52.8 Å². The Morgan fingerprint density at radius 1 is 1.33 bits per heavy atom. The highest BCUT2D eigenvalue weighted by Crippen LogP contribution is 2.46. The molecule has 0 fully saturated rings. The summed E-state index contributed by atoms with van der Waals surface area (Å²) in [5, 5.41) is 1.04. The second-order valence-corrected chi connectivity index (χ2v) is 5.85. The van der Waals surface area contributed by atoms with Gasteiger partial charge in [-0.05, 0) is 12.0 Å². The normalized spacial score (nSPS) is 10.2. The average Bonchev–Trinajstić information content (AvgIpc) is 2.05. The van der Waals surface area contributed by atoms with Crippen molar-refractivity contribution < 1.29 is 0 Å². The van der Waals surface area contributed by atoms with Crippen LogP contribution in [0, 0.1) is 0 Å². The Balaban J connectivity index is 2.99. The topological polar surface area (TPSA) is 0 Å². The largest absolute Gasteiger partial charge is 0.117 e. The van der Waals surface area contributed by atoms with E-state index in [2.05, 4.69) is 6.58 Å². The highest BCUT2D eigenvalue weighted by Gasteiger charge is 2.07. The first kappa shape index (κ1) is 10.1. The predicted octanol–water partition coefficient (Wildman–Crippen LogP) is 3.83. The van der Waals surface area contributed by atoms with E-state index in [0.717, 1.165) is 11.7 Å². The third-order valence-electron chi connectivity index (χ3n) is 1.54. The van der Waals surface area contributed by atoms with E-state index >= 15 is 0 Å². The monoisotopic (exact) mass is 218 g/mol. The van der Waals surface area contributed by atoms with Crippen molar-refractivity contribution in [3.63, 3.8) is 0 Å². The van der Waals surface area contributed by atoms with E-state index in [0.29, 0.717) is 0 Å². The minimum atomic E-state index is -1.03. The van der Waals surface area contributed by atoms with Gasteiger partial charge in [-0.25, -0.2) is 0 Å². The van der Waals surface area contributed by atoms with E-state index in [4.69, 9.17) is 22.5 Å². The summed E-state index contributed by atoms with van der Waals surface area (Å²) in [5.74, 6) is 0. The van der Waals surface area contributed by atoms with E-state index in [9.17, 15) is 0 Å². The van der Waals surface area contributed by atoms with Gasteiger partial charge in [-0.2, -0.15) is 0 Å². The molecule has 12 heavy (non-hydrogen) atoms. The Morgan fingerprint density at radius 2 is 2.00 bits per heavy atom. The van der Waals surface area contributed by atoms with Crippen LogP contribution in [0.25, 0.3) is 0 Å². The number of halogens is 2. The number of hydrogen-bond donors (Lipinski definition) is 0. The molecular weight excluding hydrogens is 210 g/mol. The van der Waals surface area contributed by atoms with Crippen molar-refractivity contribution in [2.24, 2.45) is 0 Å². The van der Waals surface area contributed by atoms with Crippen molar-refractivity contribution >= 4 is 34.4 Å². The smallest absolute Gasteiger partial charge is 0.103 e. The zero-order chi connectivity index (χ0) is 8.97. The first-order valence-electron chi connectivity index (χ1n) is 3.56. The SMILES string of the molecule is C=CCc1ccccc1P(Cl)Cl. The van der Waals surface area contributed by atoms with Crippen molar-refractivity contribution in [1.29, 1.82) is 0 Å². The summed E-state index contributed by atoms with van der Waals surface area (Å²) in [6.07, 6.45) is 2.68. The molecular formula is C9H9Cl2P. The van der Waals surface area contributed by atoms with Gasteiger partial charge in [0.05, 0.1) is 0 Å². The lowest BCUT2D eigenvalue weighted by molar-refractivity contribution is 1.30. The molecule has 0 aliphatic carbocycles. The van der Waals surface area contributed by atoms with E-state index in [-0.39, 0.29) is 0 Å². The molecule has 64 valence electrons. The maximum absolute atomic E-state index is 5.84. The van der Waals surface area contributed by atoms with Crippen molar-refractivity contribution in [3.8, 4) is 0 Å². The minimum absolute atomic E-state index is 0.828. The van der Waals surface area contributed by atoms with Gasteiger partial charge in [0.25, 0.3) is 0 Å². The molecule has 0 nitrogen and oxygen atoms in total. The summed E-state index contributed by atoms with van der Waals surface area (Å²) in [6, 6.07) is 7.92. The molecule has 3 heteroatoms. The molecule has 0 aromatic heterocycles. The van der Waals surface area contributed by atoms with Crippen LogP contribution in [0.2, 0.25) is 0 Å². The third kappa shape index (κ3) is 2.48. The van der Waals surface area contributed by atoms with Crippen molar-refractivity contribution in [1.82, 2.24) is 0 Å². The van der Waals surface area contributed by atoms with Gasteiger partial charge in [-0.15, -0.1) is 6.58 Å². The first-order chi connectivity index (χ1) is 5.75. The quantitative estimate of drug-likeness (QED) is 0.535. The third-order valence-corrected chi connectivity index (χ3v) is 3.43. The Hall–Kier alpha value is -0.0300. The minimum Gasteiger partial charge on any atom is -0.103 e. The lowest BCUT2D eigenvalue weighted by Crippen LogP contribution is -2.02. The second-order valence-electron chi connectivity index (χ2n) is 2.35. The van der Waals surface area contributed by atoms with E-state index in [1.807, 2.05) is 30.3 Å². The van der Waals surface area contributed by atoms with Crippen LogP contribution in [0.3, 0.4) is 0 Å². The molecule has 0 saturated carbocycles. The summed E-state index contributed by atoms with van der Waals surface area (Å²) < 4.78 is 0. The molecule has 0 amide bonds. The van der Waals surface area contributed by atoms with Crippen LogP contribution in [-0.4, -0.2) is 0 Å². The molecule has 1 aromatic rings. The fourth-order valence-corrected chi connectivity index (χ4v) is 2.57. The summed E-state index contributed by atoms with van der Waals surface area (Å²) in [7, 11) is 0. The van der Waals surface area contributed by atoms with E-state index in [1.165, 1.54) is 5.56 Å². The molecule has 1 rings (SSSR count). The Labute approximate surface area is 83.5 Å². The van der Waals surface area contributed by atoms with Gasteiger partial charge in [0, 0.05) is 5.30 Å². The molecule has 0 aliphatic rings. The van der Waals surface area contributed by atoms with Gasteiger partial charge in [-0.3, -0.25) is 0 Å². The Kier molecular flexibility index (Phi) is 4.08. The zero-order valence-corrected chi connectivity index (χ0v) is 8.91. The first-order valence-corrected chi connectivity index (χ1v) is 6.71. The van der Waals surface area contributed by atoms with Crippen molar-refractivity contribution in [2.45, 2.75) is 6.42 Å². The number of rotatable bonds is 3. The number of benzene rings is 1. The highest BCUT2D eigenvalue weighted by atomic mass is 35.9. The van der Waals surface area contributed by atoms with Crippen LogP contribution in [0.1, 0.15) is 5.56 Å². The van der Waals surface area contributed by atoms with Crippen molar-refractivity contribution in [2.75, 3.05) is 0 Å². The maximum atomic E-state index is 5.84. The van der Waals surface area contributed by atoms with Gasteiger partial charge < -0.3 is 0 Å². The fraction of sp³-hybridized carbons (Fsp3) is 0.111. The van der Waals surface area contributed by atoms with Crippen LogP contribution in [0.15, 0.2) is 36.9 Å². The van der Waals surface area contributed by atoms with Crippen LogP contribution in [0.4, 0.5) is 0 Å². The van der Waals surface area contributed by atoms with E-state index in [1.54, 1.807) is 0 Å². The highest BCUT2D eigenvalue weighted by molar-refractivity contribution is 8.08. The summed E-state index contributed by atoms with van der Waals surface area (Å²) in [6.45, 7) is 2.65. The van der Waals surface area contributed by atoms with Gasteiger partial charge in [0.15, 0.2) is 0 Å². The average molecular weight is 219 g/mol. The van der Waals surface area contributed by atoms with Crippen LogP contribution in [0.5, 0.6) is 0 Å². The molecule has 0 heterocycles. The summed E-state index contributed by atoms with van der Waals surface area (Å²) >= 11 is 11.7. The molecule has 0 unspecified atom stereocenters. The lowest BCUT2D eigenvalue weighted by Gasteiger charge is -2.06. The Bertz CT molecular complexity index is 271. The van der Waals surface area contributed by atoms with Crippen molar-refractivity contribution in [3.05, 3.63) is 42.5 Å². The van der Waals surface area contributed by atoms with Crippen LogP contribution < -0.4 is 5.30 Å². The molecule has 0 aliphatic heterocycles. The summed E-state index contributed by atoms with van der Waals surface area (Å²) in [4.78, 5) is 0. The maximum Gasteiger partial charge on any atom is 0.117 e. The fourth-order valence-electron chi connectivity index (χ4n) is 1.00. The summed E-state index contributed by atoms with van der Waals surface area (Å²) in [5.41, 5.74) is 1.17. The van der Waals surface area contributed by atoms with E-state index < -0.39 is 6.63 Å². The number of hydrogen-bond acceptors (Lipinski definition) is 0. The van der Waals surface area contributed by atoms with Gasteiger partial charge in [0.2, 0.25) is 0 Å². The molecule has 0 saturated heterocycles. The van der Waals surface area contributed by atoms with Crippen LogP contribution in [-0.2, 0) is 6.42 Å². The molecule has 0 radical (unpaired) electrons. The molecule has 1 aromatic carbocycles. The predicted molar refractivity (Wildman–Crippen MR) is 58.6 cm³/mol. The molecule has 0 bridgehead atoms. The van der Waals surface area contributed by atoms with Gasteiger partial charge in [0.1, 0.15) is 6.63 Å². The second kappa shape index (κ2) is 4.87.